The molecule has 1 atom stereocenters. The number of thiazole rings is 1. The third kappa shape index (κ3) is 3.01. The predicted molar refractivity (Wildman–Crippen MR) is 80.4 cm³/mol. The van der Waals surface area contributed by atoms with Gasteiger partial charge in [-0.25, -0.2) is 4.98 Å². The minimum atomic E-state index is 0.0503. The third-order valence-electron chi connectivity index (χ3n) is 2.85. The third-order valence-corrected chi connectivity index (χ3v) is 5.05. The lowest BCUT2D eigenvalue weighted by atomic mass is 10.2. The second kappa shape index (κ2) is 5.79. The highest BCUT2D eigenvalue weighted by molar-refractivity contribution is 7.12. The van der Waals surface area contributed by atoms with Crippen molar-refractivity contribution in [1.29, 1.82) is 0 Å². The largest absolute Gasteiger partial charge is 0.366 e. The second-order valence-electron chi connectivity index (χ2n) is 4.41. The van der Waals surface area contributed by atoms with Crippen molar-refractivity contribution in [2.75, 3.05) is 5.32 Å². The molecule has 2 heterocycles. The van der Waals surface area contributed by atoms with Crippen LogP contribution in [0.4, 0.5) is 5.00 Å². The van der Waals surface area contributed by atoms with Crippen molar-refractivity contribution < 1.29 is 4.79 Å². The Morgan fingerprint density at radius 1 is 1.53 bits per heavy atom. The van der Waals surface area contributed by atoms with E-state index in [-0.39, 0.29) is 11.8 Å². The summed E-state index contributed by atoms with van der Waals surface area (Å²) in [6, 6.07) is 0.0863. The molecule has 0 saturated heterocycles. The van der Waals surface area contributed by atoms with Gasteiger partial charge in [0.2, 0.25) is 0 Å². The van der Waals surface area contributed by atoms with Gasteiger partial charge in [-0.2, -0.15) is 4.37 Å². The highest BCUT2D eigenvalue weighted by Crippen LogP contribution is 2.30. The van der Waals surface area contributed by atoms with Crippen LogP contribution in [0.3, 0.4) is 0 Å². The maximum atomic E-state index is 11.6. The molecule has 0 amide bonds. The number of carbonyl (C=O) groups excluding carboxylic acids is 1. The van der Waals surface area contributed by atoms with E-state index in [0.717, 1.165) is 22.1 Å². The quantitative estimate of drug-likeness (QED) is 0.851. The first-order valence-corrected chi connectivity index (χ1v) is 7.80. The van der Waals surface area contributed by atoms with Gasteiger partial charge in [0.25, 0.3) is 0 Å². The lowest BCUT2D eigenvalue weighted by molar-refractivity contribution is 0.101. The summed E-state index contributed by atoms with van der Waals surface area (Å²) in [6.45, 7) is 7.61. The van der Waals surface area contributed by atoms with Crippen molar-refractivity contribution in [1.82, 2.24) is 9.36 Å². The van der Waals surface area contributed by atoms with Crippen molar-refractivity contribution in [3.63, 3.8) is 0 Å². The summed E-state index contributed by atoms with van der Waals surface area (Å²) < 4.78 is 4.25. The highest BCUT2D eigenvalue weighted by Gasteiger charge is 2.18. The molecule has 2 aromatic rings. The molecular formula is C13H17N3OS2. The fourth-order valence-corrected chi connectivity index (χ4v) is 3.62. The van der Waals surface area contributed by atoms with Gasteiger partial charge >= 0.3 is 0 Å². The number of carbonyl (C=O) groups is 1. The zero-order valence-corrected chi connectivity index (χ0v) is 13.1. The van der Waals surface area contributed by atoms with E-state index in [4.69, 9.17) is 0 Å². The number of Topliss-reactive ketones (excluding diaryl/α,β-unsaturated/α-hetero) is 1. The Morgan fingerprint density at radius 2 is 2.26 bits per heavy atom. The van der Waals surface area contributed by atoms with Crippen molar-refractivity contribution >= 4 is 33.7 Å². The number of aromatic nitrogens is 2. The van der Waals surface area contributed by atoms with E-state index >= 15 is 0 Å². The Bertz CT molecular complexity index is 588. The van der Waals surface area contributed by atoms with Crippen LogP contribution in [0.5, 0.6) is 0 Å². The Balaban J connectivity index is 2.19. The van der Waals surface area contributed by atoms with Crippen LogP contribution in [0, 0.1) is 6.92 Å². The van der Waals surface area contributed by atoms with Gasteiger partial charge in [0.15, 0.2) is 5.78 Å². The molecule has 2 rings (SSSR count). The van der Waals surface area contributed by atoms with Crippen LogP contribution < -0.4 is 5.32 Å². The monoisotopic (exact) mass is 295 g/mol. The van der Waals surface area contributed by atoms with Crippen LogP contribution >= 0.6 is 22.9 Å². The summed E-state index contributed by atoms with van der Waals surface area (Å²) in [6.07, 6.45) is 2.92. The Labute approximate surface area is 121 Å². The maximum Gasteiger partial charge on any atom is 0.164 e. The molecule has 0 aliphatic rings. The first kappa shape index (κ1) is 14.1. The number of nitrogens with zero attached hydrogens (tertiary/aromatic N) is 2. The summed E-state index contributed by atoms with van der Waals surface area (Å²) in [7, 11) is 0. The molecule has 0 saturated carbocycles. The van der Waals surface area contributed by atoms with Gasteiger partial charge in [0, 0.05) is 11.1 Å². The smallest absolute Gasteiger partial charge is 0.164 e. The normalized spacial score (nSPS) is 12.4. The first-order chi connectivity index (χ1) is 9.02. The number of anilines is 1. The van der Waals surface area contributed by atoms with Crippen LogP contribution in [0.15, 0.2) is 6.20 Å². The molecule has 0 fully saturated rings. The zero-order chi connectivity index (χ0) is 14.0. The summed E-state index contributed by atoms with van der Waals surface area (Å²) >= 11 is 3.04. The van der Waals surface area contributed by atoms with Gasteiger partial charge in [-0.1, -0.05) is 6.92 Å². The van der Waals surface area contributed by atoms with Crippen molar-refractivity contribution in [3.05, 3.63) is 27.3 Å². The Kier molecular flexibility index (Phi) is 4.31. The van der Waals surface area contributed by atoms with E-state index in [9.17, 15) is 4.79 Å². The molecule has 102 valence electrons. The molecule has 1 unspecified atom stereocenters. The van der Waals surface area contributed by atoms with E-state index in [1.165, 1.54) is 16.4 Å². The summed E-state index contributed by atoms with van der Waals surface area (Å²) in [5.74, 6) is 0.0503. The van der Waals surface area contributed by atoms with Crippen LogP contribution in [-0.2, 0) is 6.42 Å². The van der Waals surface area contributed by atoms with Crippen molar-refractivity contribution in [2.24, 2.45) is 0 Å². The number of ketones is 1. The predicted octanol–water partition coefficient (Wildman–Crippen LogP) is 3.85. The van der Waals surface area contributed by atoms with Gasteiger partial charge < -0.3 is 5.32 Å². The highest BCUT2D eigenvalue weighted by atomic mass is 32.1. The molecule has 0 spiro atoms. The molecule has 0 radical (unpaired) electrons. The van der Waals surface area contributed by atoms with Gasteiger partial charge in [0.05, 0.1) is 17.3 Å². The summed E-state index contributed by atoms with van der Waals surface area (Å²) in [5.41, 5.74) is 1.49. The molecule has 19 heavy (non-hydrogen) atoms. The lowest BCUT2D eigenvalue weighted by Gasteiger charge is -2.11. The molecule has 4 nitrogen and oxygen atoms in total. The van der Waals surface area contributed by atoms with Crippen LogP contribution in [0.1, 0.15) is 52.7 Å². The minimum Gasteiger partial charge on any atom is -0.366 e. The molecule has 2 aromatic heterocycles. The van der Waals surface area contributed by atoms with Crippen LogP contribution in [0.25, 0.3) is 0 Å². The number of rotatable bonds is 5. The van der Waals surface area contributed by atoms with E-state index in [0.29, 0.717) is 5.56 Å². The van der Waals surface area contributed by atoms with Gasteiger partial charge in [-0.05, 0) is 38.7 Å². The molecule has 0 aliphatic carbocycles. The average molecular weight is 295 g/mol. The zero-order valence-electron chi connectivity index (χ0n) is 11.5. The fourth-order valence-electron chi connectivity index (χ4n) is 1.83. The van der Waals surface area contributed by atoms with Crippen LogP contribution in [0.2, 0.25) is 0 Å². The molecule has 0 aromatic carbocycles. The molecule has 0 bridgehead atoms. The van der Waals surface area contributed by atoms with Gasteiger partial charge in [-0.15, -0.1) is 11.3 Å². The Hall–Kier alpha value is -1.27. The number of hydrogen-bond acceptors (Lipinski definition) is 6. The van der Waals surface area contributed by atoms with Crippen molar-refractivity contribution in [2.45, 2.75) is 40.2 Å². The average Bonchev–Trinajstić information content (AvgIpc) is 2.96. The fraction of sp³-hybridized carbons (Fsp3) is 0.462. The lowest BCUT2D eigenvalue weighted by Crippen LogP contribution is -2.08. The molecular weight excluding hydrogens is 278 g/mol. The standard InChI is InChI=1S/C13H17N3OS2/c1-5-10-6-14-12(18-10)8(3)15-13-11(9(4)17)7(2)16-19-13/h6,8,15H,5H2,1-4H3. The number of aryl methyl sites for hydroxylation is 2. The van der Waals surface area contributed by atoms with E-state index in [2.05, 4.69) is 28.5 Å². The van der Waals surface area contributed by atoms with Crippen molar-refractivity contribution in [3.8, 4) is 0 Å². The number of nitrogens with one attached hydrogen (secondary N) is 1. The van der Waals surface area contributed by atoms with E-state index < -0.39 is 0 Å². The van der Waals surface area contributed by atoms with Gasteiger partial charge in [-0.3, -0.25) is 4.79 Å². The first-order valence-electron chi connectivity index (χ1n) is 6.21. The molecule has 1 N–H and O–H groups in total. The topological polar surface area (TPSA) is 54.9 Å². The minimum absolute atomic E-state index is 0.0503. The molecule has 0 aliphatic heterocycles. The van der Waals surface area contributed by atoms with E-state index in [1.807, 2.05) is 13.1 Å². The summed E-state index contributed by atoms with van der Waals surface area (Å²) in [4.78, 5) is 17.3. The second-order valence-corrected chi connectivity index (χ2v) is 6.33. The van der Waals surface area contributed by atoms with E-state index in [1.54, 1.807) is 18.3 Å². The summed E-state index contributed by atoms with van der Waals surface area (Å²) in [5, 5.41) is 5.23. The SMILES string of the molecule is CCc1cnc(C(C)Nc2snc(C)c2C(C)=O)s1. The number of hydrogen-bond donors (Lipinski definition) is 1. The maximum absolute atomic E-state index is 11.6. The van der Waals surface area contributed by atoms with Gasteiger partial charge in [0.1, 0.15) is 10.0 Å². The van der Waals surface area contributed by atoms with Crippen LogP contribution in [-0.4, -0.2) is 15.1 Å². The Morgan fingerprint density at radius 3 is 2.84 bits per heavy atom. The molecule has 6 heteroatoms.